The van der Waals surface area contributed by atoms with Gasteiger partial charge in [0.1, 0.15) is 0 Å². The number of hydrogen-bond donors (Lipinski definition) is 1. The van der Waals surface area contributed by atoms with Gasteiger partial charge in [-0.1, -0.05) is 48.0 Å². The molecule has 0 saturated carbocycles. The number of rotatable bonds is 6. The Hall–Kier alpha value is -0.0400. The van der Waals surface area contributed by atoms with Crippen LogP contribution in [0.3, 0.4) is 0 Å². The van der Waals surface area contributed by atoms with Crippen LogP contribution < -0.4 is 5.32 Å². The third-order valence-electron chi connectivity index (χ3n) is 4.19. The van der Waals surface area contributed by atoms with Crippen LogP contribution in [0.1, 0.15) is 88.5 Å². The lowest BCUT2D eigenvalue weighted by molar-refractivity contribution is 0.0674. The summed E-state index contributed by atoms with van der Waals surface area (Å²) in [6.45, 7) is 23.4. The topological polar surface area (TPSA) is 12.0 Å². The van der Waals surface area contributed by atoms with Gasteiger partial charge in [-0.25, -0.2) is 0 Å². The van der Waals surface area contributed by atoms with E-state index < -0.39 is 0 Å². The van der Waals surface area contributed by atoms with Gasteiger partial charge in [0.25, 0.3) is 0 Å². The van der Waals surface area contributed by atoms with Gasteiger partial charge in [0, 0.05) is 11.1 Å². The van der Waals surface area contributed by atoms with Gasteiger partial charge in [0.2, 0.25) is 0 Å². The van der Waals surface area contributed by atoms with Crippen molar-refractivity contribution in [2.45, 2.75) is 99.6 Å². The van der Waals surface area contributed by atoms with Crippen molar-refractivity contribution in [1.82, 2.24) is 5.32 Å². The second-order valence-corrected chi connectivity index (χ2v) is 9.01. The molecule has 0 aliphatic heterocycles. The van der Waals surface area contributed by atoms with E-state index in [-0.39, 0.29) is 16.5 Å². The Balaban J connectivity index is 4.90. The van der Waals surface area contributed by atoms with Gasteiger partial charge >= 0.3 is 0 Å². The van der Waals surface area contributed by atoms with Crippen LogP contribution in [-0.4, -0.2) is 11.1 Å². The van der Waals surface area contributed by atoms with E-state index in [1.807, 2.05) is 0 Å². The molecule has 0 aliphatic rings. The zero-order valence-electron chi connectivity index (χ0n) is 14.6. The highest BCUT2D eigenvalue weighted by atomic mass is 15.0. The van der Waals surface area contributed by atoms with Gasteiger partial charge in [-0.15, -0.1) is 0 Å². The fourth-order valence-corrected chi connectivity index (χ4v) is 3.25. The smallest absolute Gasteiger partial charge is 0.0181 e. The standard InChI is InChI=1S/C17H37N/c1-11-12-16(7,8)18-17(9,10)15(5,6)13-14(2,3)4/h18H,11-13H2,1-10H3. The summed E-state index contributed by atoms with van der Waals surface area (Å²) < 4.78 is 0. The highest BCUT2D eigenvalue weighted by molar-refractivity contribution is 4.99. The minimum Gasteiger partial charge on any atom is -0.306 e. The van der Waals surface area contributed by atoms with Crippen molar-refractivity contribution in [2.24, 2.45) is 10.8 Å². The zero-order valence-corrected chi connectivity index (χ0v) is 14.6. The SMILES string of the molecule is CCCC(C)(C)NC(C)(C)C(C)(C)CC(C)(C)C. The van der Waals surface area contributed by atoms with E-state index in [0.717, 1.165) is 0 Å². The minimum absolute atomic E-state index is 0.138. The van der Waals surface area contributed by atoms with E-state index in [2.05, 4.69) is 74.6 Å². The Labute approximate surface area is 116 Å². The van der Waals surface area contributed by atoms with Crippen molar-refractivity contribution >= 4 is 0 Å². The summed E-state index contributed by atoms with van der Waals surface area (Å²) in [5.74, 6) is 0. The largest absolute Gasteiger partial charge is 0.306 e. The first kappa shape index (κ1) is 18.0. The van der Waals surface area contributed by atoms with E-state index in [4.69, 9.17) is 0 Å². The van der Waals surface area contributed by atoms with E-state index in [0.29, 0.717) is 5.41 Å². The van der Waals surface area contributed by atoms with Crippen LogP contribution in [0.2, 0.25) is 0 Å². The molecule has 0 aliphatic carbocycles. The molecule has 0 aromatic carbocycles. The maximum absolute atomic E-state index is 3.90. The van der Waals surface area contributed by atoms with Crippen LogP contribution in [0.5, 0.6) is 0 Å². The van der Waals surface area contributed by atoms with Crippen molar-refractivity contribution in [1.29, 1.82) is 0 Å². The number of nitrogens with one attached hydrogen (secondary N) is 1. The Morgan fingerprint density at radius 3 is 1.56 bits per heavy atom. The molecule has 0 bridgehead atoms. The fourth-order valence-electron chi connectivity index (χ4n) is 3.25. The molecule has 0 rings (SSSR count). The predicted octanol–water partition coefficient (Wildman–Crippen LogP) is 5.40. The van der Waals surface area contributed by atoms with Crippen LogP contribution >= 0.6 is 0 Å². The Kier molecular flexibility index (Phi) is 5.51. The maximum atomic E-state index is 3.90. The fraction of sp³-hybridized carbons (Fsp3) is 1.00. The van der Waals surface area contributed by atoms with Crippen LogP contribution in [0, 0.1) is 10.8 Å². The van der Waals surface area contributed by atoms with Crippen molar-refractivity contribution in [3.63, 3.8) is 0 Å². The molecule has 0 amide bonds. The van der Waals surface area contributed by atoms with Gasteiger partial charge < -0.3 is 5.32 Å². The second kappa shape index (κ2) is 5.53. The molecule has 1 heteroatoms. The van der Waals surface area contributed by atoms with Crippen LogP contribution in [-0.2, 0) is 0 Å². The highest BCUT2D eigenvalue weighted by Crippen LogP contribution is 2.42. The molecule has 1 nitrogen and oxygen atoms in total. The summed E-state index contributed by atoms with van der Waals surface area (Å²) in [4.78, 5) is 0. The van der Waals surface area contributed by atoms with E-state index in [1.54, 1.807) is 0 Å². The Bertz CT molecular complexity index is 253. The first-order valence-corrected chi connectivity index (χ1v) is 7.52. The first-order chi connectivity index (χ1) is 7.72. The molecule has 0 aromatic rings. The van der Waals surface area contributed by atoms with E-state index in [1.165, 1.54) is 19.3 Å². The second-order valence-electron chi connectivity index (χ2n) is 9.01. The molecular formula is C17H37N. The quantitative estimate of drug-likeness (QED) is 0.670. The van der Waals surface area contributed by atoms with Crippen LogP contribution in [0.15, 0.2) is 0 Å². The molecule has 0 saturated heterocycles. The lowest BCUT2D eigenvalue weighted by Gasteiger charge is -2.49. The summed E-state index contributed by atoms with van der Waals surface area (Å²) in [6, 6.07) is 0. The average molecular weight is 255 g/mol. The number of hydrogen-bond acceptors (Lipinski definition) is 1. The highest BCUT2D eigenvalue weighted by Gasteiger charge is 2.41. The normalized spacial score (nSPS) is 15.0. The Morgan fingerprint density at radius 1 is 0.778 bits per heavy atom. The van der Waals surface area contributed by atoms with E-state index >= 15 is 0 Å². The summed E-state index contributed by atoms with van der Waals surface area (Å²) >= 11 is 0. The summed E-state index contributed by atoms with van der Waals surface area (Å²) in [5, 5.41) is 3.90. The molecule has 0 atom stereocenters. The molecule has 1 N–H and O–H groups in total. The first-order valence-electron chi connectivity index (χ1n) is 7.52. The van der Waals surface area contributed by atoms with Gasteiger partial charge in [0.05, 0.1) is 0 Å². The van der Waals surface area contributed by atoms with Gasteiger partial charge in [-0.2, -0.15) is 0 Å². The van der Waals surface area contributed by atoms with Crippen molar-refractivity contribution in [3.05, 3.63) is 0 Å². The van der Waals surface area contributed by atoms with E-state index in [9.17, 15) is 0 Å². The van der Waals surface area contributed by atoms with Crippen molar-refractivity contribution < 1.29 is 0 Å². The van der Waals surface area contributed by atoms with Gasteiger partial charge in [-0.3, -0.25) is 0 Å². The molecule has 110 valence electrons. The molecule has 0 radical (unpaired) electrons. The zero-order chi connectivity index (χ0) is 14.8. The van der Waals surface area contributed by atoms with Crippen LogP contribution in [0.25, 0.3) is 0 Å². The van der Waals surface area contributed by atoms with Gasteiger partial charge in [0.15, 0.2) is 0 Å². The molecule has 0 unspecified atom stereocenters. The summed E-state index contributed by atoms with van der Waals surface area (Å²) in [6.07, 6.45) is 3.68. The van der Waals surface area contributed by atoms with Crippen molar-refractivity contribution in [3.8, 4) is 0 Å². The molecule has 0 aromatic heterocycles. The summed E-state index contributed by atoms with van der Waals surface area (Å²) in [5.41, 5.74) is 1.000. The molecule has 0 fully saturated rings. The van der Waals surface area contributed by atoms with Crippen molar-refractivity contribution in [2.75, 3.05) is 0 Å². The maximum Gasteiger partial charge on any atom is 0.0181 e. The average Bonchev–Trinajstić information content (AvgIpc) is 1.94. The third kappa shape index (κ3) is 5.73. The molecule has 0 spiro atoms. The van der Waals surface area contributed by atoms with Crippen LogP contribution in [0.4, 0.5) is 0 Å². The third-order valence-corrected chi connectivity index (χ3v) is 4.19. The van der Waals surface area contributed by atoms with Gasteiger partial charge in [-0.05, 0) is 51.4 Å². The molecule has 18 heavy (non-hydrogen) atoms. The lowest BCUT2D eigenvalue weighted by atomic mass is 9.65. The molecular weight excluding hydrogens is 218 g/mol. The minimum atomic E-state index is 0.138. The summed E-state index contributed by atoms with van der Waals surface area (Å²) in [7, 11) is 0. The lowest BCUT2D eigenvalue weighted by Crippen LogP contribution is -2.59. The monoisotopic (exact) mass is 255 g/mol. The Morgan fingerprint density at radius 2 is 1.22 bits per heavy atom. The predicted molar refractivity (Wildman–Crippen MR) is 84.1 cm³/mol. The molecule has 0 heterocycles.